The lowest BCUT2D eigenvalue weighted by Gasteiger charge is -2.18. The Hall–Kier alpha value is -3.36. The maximum absolute atomic E-state index is 12.4. The lowest BCUT2D eigenvalue weighted by atomic mass is 10.1. The zero-order valence-corrected chi connectivity index (χ0v) is 14.5. The number of aromatic nitrogens is 4. The van der Waals surface area contributed by atoms with Gasteiger partial charge in [-0.15, -0.1) is 10.2 Å². The summed E-state index contributed by atoms with van der Waals surface area (Å²) in [5.74, 6) is 2.21. The molecular formula is C18H18N6O3. The summed E-state index contributed by atoms with van der Waals surface area (Å²) >= 11 is 0. The zero-order chi connectivity index (χ0) is 18.2. The third-order valence-corrected chi connectivity index (χ3v) is 4.85. The van der Waals surface area contributed by atoms with Crippen molar-refractivity contribution in [1.82, 2.24) is 24.9 Å². The molecule has 2 aromatic heterocycles. The van der Waals surface area contributed by atoms with Gasteiger partial charge in [0.2, 0.25) is 18.3 Å². The van der Waals surface area contributed by atoms with Crippen molar-refractivity contribution in [2.45, 2.75) is 18.9 Å². The van der Waals surface area contributed by atoms with Gasteiger partial charge in [0.1, 0.15) is 6.33 Å². The van der Waals surface area contributed by atoms with Crippen molar-refractivity contribution in [2.24, 2.45) is 0 Å². The molecule has 0 radical (unpaired) electrons. The van der Waals surface area contributed by atoms with Crippen molar-refractivity contribution in [3.63, 3.8) is 0 Å². The van der Waals surface area contributed by atoms with E-state index in [1.165, 1.54) is 0 Å². The number of ether oxygens (including phenoxy) is 2. The first-order valence-electron chi connectivity index (χ1n) is 8.83. The highest BCUT2D eigenvalue weighted by Crippen LogP contribution is 2.32. The summed E-state index contributed by atoms with van der Waals surface area (Å²) < 4.78 is 12.5. The van der Waals surface area contributed by atoms with E-state index in [0.717, 1.165) is 35.7 Å². The van der Waals surface area contributed by atoms with Crippen molar-refractivity contribution >= 4 is 17.4 Å². The quantitative estimate of drug-likeness (QED) is 0.730. The van der Waals surface area contributed by atoms with Gasteiger partial charge in [-0.25, -0.2) is 4.98 Å². The van der Waals surface area contributed by atoms with E-state index in [-0.39, 0.29) is 18.7 Å². The van der Waals surface area contributed by atoms with Gasteiger partial charge in [0.15, 0.2) is 17.3 Å². The highest BCUT2D eigenvalue weighted by molar-refractivity contribution is 5.79. The predicted octanol–water partition coefficient (Wildman–Crippen LogP) is 0.791. The molecule has 0 bridgehead atoms. The van der Waals surface area contributed by atoms with Crippen molar-refractivity contribution in [3.8, 4) is 11.5 Å². The first-order chi connectivity index (χ1) is 13.3. The van der Waals surface area contributed by atoms with Crippen LogP contribution in [0.5, 0.6) is 11.5 Å². The molecule has 1 atom stereocenters. The monoisotopic (exact) mass is 366 g/mol. The first kappa shape index (κ1) is 15.9. The minimum atomic E-state index is -0.00522. The van der Waals surface area contributed by atoms with E-state index in [1.807, 2.05) is 28.8 Å². The molecule has 1 amide bonds. The van der Waals surface area contributed by atoms with Crippen LogP contribution in [0.3, 0.4) is 0 Å². The minimum Gasteiger partial charge on any atom is -0.454 e. The van der Waals surface area contributed by atoms with E-state index >= 15 is 0 Å². The van der Waals surface area contributed by atoms with Crippen LogP contribution in [-0.2, 0) is 11.2 Å². The molecule has 3 aromatic rings. The molecule has 2 aliphatic rings. The highest BCUT2D eigenvalue weighted by Gasteiger charge is 2.27. The van der Waals surface area contributed by atoms with Crippen LogP contribution in [-0.4, -0.2) is 51.4 Å². The summed E-state index contributed by atoms with van der Waals surface area (Å²) in [5, 5.41) is 11.2. The van der Waals surface area contributed by atoms with Crippen LogP contribution in [0, 0.1) is 0 Å². The van der Waals surface area contributed by atoms with E-state index in [2.05, 4.69) is 25.4 Å². The van der Waals surface area contributed by atoms with Crippen molar-refractivity contribution in [1.29, 1.82) is 0 Å². The van der Waals surface area contributed by atoms with Crippen molar-refractivity contribution in [3.05, 3.63) is 42.5 Å². The number of amides is 1. The fraction of sp³-hybridized carbons (Fsp3) is 0.333. The Labute approximate surface area is 154 Å². The molecule has 1 N–H and O–H groups in total. The van der Waals surface area contributed by atoms with Crippen molar-refractivity contribution < 1.29 is 14.3 Å². The summed E-state index contributed by atoms with van der Waals surface area (Å²) in [6.45, 7) is 1.75. The molecule has 9 heteroatoms. The molecule has 0 aliphatic carbocycles. The molecule has 1 aromatic carbocycles. The van der Waals surface area contributed by atoms with E-state index in [9.17, 15) is 4.79 Å². The van der Waals surface area contributed by atoms with Crippen LogP contribution in [0.4, 0.5) is 5.82 Å². The minimum absolute atomic E-state index is 0.00522. The summed E-state index contributed by atoms with van der Waals surface area (Å²) in [4.78, 5) is 19.0. The smallest absolute Gasteiger partial charge is 0.231 e. The number of nitrogens with one attached hydrogen (secondary N) is 1. The van der Waals surface area contributed by atoms with Crippen LogP contribution in [0.2, 0.25) is 0 Å². The second-order valence-corrected chi connectivity index (χ2v) is 6.68. The van der Waals surface area contributed by atoms with Crippen LogP contribution in [0.25, 0.3) is 5.65 Å². The molecule has 5 rings (SSSR count). The summed E-state index contributed by atoms with van der Waals surface area (Å²) in [7, 11) is 0. The molecule has 138 valence electrons. The SMILES string of the molecule is O=C(Cc1ccc2c(c1)OCO2)N[C@H]1CCN(c2nccn3cnnc23)C1. The fourth-order valence-electron chi connectivity index (χ4n) is 3.55. The van der Waals surface area contributed by atoms with Gasteiger partial charge in [0.05, 0.1) is 6.42 Å². The van der Waals surface area contributed by atoms with Crippen molar-refractivity contribution in [2.75, 3.05) is 24.8 Å². The van der Waals surface area contributed by atoms with Gasteiger partial charge < -0.3 is 19.7 Å². The number of rotatable bonds is 4. The molecular weight excluding hydrogens is 348 g/mol. The van der Waals surface area contributed by atoms with Gasteiger partial charge in [-0.05, 0) is 24.1 Å². The van der Waals surface area contributed by atoms with Crippen LogP contribution < -0.4 is 19.7 Å². The fourth-order valence-corrected chi connectivity index (χ4v) is 3.55. The lowest BCUT2D eigenvalue weighted by Crippen LogP contribution is -2.38. The third-order valence-electron chi connectivity index (χ3n) is 4.85. The van der Waals surface area contributed by atoms with Gasteiger partial charge >= 0.3 is 0 Å². The average molecular weight is 366 g/mol. The number of carbonyl (C=O) groups is 1. The molecule has 0 spiro atoms. The van der Waals surface area contributed by atoms with Gasteiger partial charge in [0, 0.05) is 31.5 Å². The highest BCUT2D eigenvalue weighted by atomic mass is 16.7. The number of hydrogen-bond donors (Lipinski definition) is 1. The molecule has 27 heavy (non-hydrogen) atoms. The summed E-state index contributed by atoms with van der Waals surface area (Å²) in [6.07, 6.45) is 6.38. The van der Waals surface area contributed by atoms with Crippen LogP contribution in [0.1, 0.15) is 12.0 Å². The number of benzene rings is 1. The second-order valence-electron chi connectivity index (χ2n) is 6.68. The van der Waals surface area contributed by atoms with Gasteiger partial charge in [-0.1, -0.05) is 6.07 Å². The number of nitrogens with zero attached hydrogens (tertiary/aromatic N) is 5. The van der Waals surface area contributed by atoms with Crippen LogP contribution >= 0.6 is 0 Å². The summed E-state index contributed by atoms with van der Waals surface area (Å²) in [5.41, 5.74) is 1.63. The van der Waals surface area contributed by atoms with Crippen LogP contribution in [0.15, 0.2) is 36.9 Å². The van der Waals surface area contributed by atoms with E-state index in [0.29, 0.717) is 18.7 Å². The lowest BCUT2D eigenvalue weighted by molar-refractivity contribution is -0.121. The van der Waals surface area contributed by atoms with Gasteiger partial charge in [-0.3, -0.25) is 9.20 Å². The topological polar surface area (TPSA) is 93.9 Å². The number of carbonyl (C=O) groups excluding carboxylic acids is 1. The maximum atomic E-state index is 12.4. The number of fused-ring (bicyclic) bond motifs is 2. The largest absolute Gasteiger partial charge is 0.454 e. The summed E-state index contributed by atoms with van der Waals surface area (Å²) in [6, 6.07) is 5.67. The Morgan fingerprint density at radius 2 is 2.22 bits per heavy atom. The Balaban J connectivity index is 1.22. The van der Waals surface area contributed by atoms with Gasteiger partial charge in [-0.2, -0.15) is 0 Å². The molecule has 1 fully saturated rings. The molecule has 0 saturated carbocycles. The van der Waals surface area contributed by atoms with E-state index in [4.69, 9.17) is 9.47 Å². The Kier molecular flexibility index (Phi) is 3.77. The maximum Gasteiger partial charge on any atom is 0.231 e. The van der Waals surface area contributed by atoms with E-state index in [1.54, 1.807) is 12.5 Å². The predicted molar refractivity (Wildman–Crippen MR) is 95.8 cm³/mol. The Morgan fingerprint density at radius 3 is 3.19 bits per heavy atom. The third kappa shape index (κ3) is 3.01. The second kappa shape index (κ2) is 6.42. The average Bonchev–Trinajstić information content (AvgIpc) is 3.41. The first-order valence-corrected chi connectivity index (χ1v) is 8.83. The number of anilines is 1. The molecule has 4 heterocycles. The van der Waals surface area contributed by atoms with Gasteiger partial charge in [0.25, 0.3) is 0 Å². The molecule has 2 aliphatic heterocycles. The zero-order valence-electron chi connectivity index (χ0n) is 14.5. The molecule has 9 nitrogen and oxygen atoms in total. The molecule has 1 saturated heterocycles. The number of hydrogen-bond acceptors (Lipinski definition) is 7. The van der Waals surface area contributed by atoms with E-state index < -0.39 is 0 Å². The molecule has 0 unspecified atom stereocenters. The Morgan fingerprint density at radius 1 is 1.30 bits per heavy atom. The standard InChI is InChI=1S/C18H18N6O3/c25-16(8-12-1-2-14-15(7-12)27-11-26-14)21-13-3-5-23(9-13)17-18-22-20-10-24(18)6-4-19-17/h1-2,4,6-7,10,13H,3,5,8-9,11H2,(H,21,25)/t13-/m0/s1. The Bertz CT molecular complexity index is 1000. The normalized spacial score (nSPS) is 18.2.